The zero-order valence-electron chi connectivity index (χ0n) is 14.9. The SMILES string of the molecule is CCC(Oc1ccccc1C)C(=O)N1CCC(c2ncccn2)CC1. The van der Waals surface area contributed by atoms with E-state index in [0.29, 0.717) is 12.3 Å². The predicted molar refractivity (Wildman–Crippen MR) is 96.5 cm³/mol. The summed E-state index contributed by atoms with van der Waals surface area (Å²) in [6.07, 6.45) is 5.60. The van der Waals surface area contributed by atoms with Crippen LogP contribution in [0.2, 0.25) is 0 Å². The molecule has 25 heavy (non-hydrogen) atoms. The Bertz CT molecular complexity index is 697. The summed E-state index contributed by atoms with van der Waals surface area (Å²) in [5.41, 5.74) is 1.05. The number of aryl methyl sites for hydroxylation is 1. The average molecular weight is 339 g/mol. The van der Waals surface area contributed by atoms with Gasteiger partial charge in [-0.1, -0.05) is 25.1 Å². The van der Waals surface area contributed by atoms with E-state index in [1.165, 1.54) is 0 Å². The fourth-order valence-electron chi connectivity index (χ4n) is 3.23. The lowest BCUT2D eigenvalue weighted by molar-refractivity contribution is -0.140. The molecule has 0 spiro atoms. The first kappa shape index (κ1) is 17.4. The molecular weight excluding hydrogens is 314 g/mol. The number of piperidine rings is 1. The minimum atomic E-state index is -0.425. The van der Waals surface area contributed by atoms with E-state index in [1.807, 2.05) is 49.1 Å². The van der Waals surface area contributed by atoms with Crippen molar-refractivity contribution >= 4 is 5.91 Å². The van der Waals surface area contributed by atoms with Crippen LogP contribution in [0.4, 0.5) is 0 Å². The molecule has 5 heteroatoms. The molecule has 0 bridgehead atoms. The molecule has 0 radical (unpaired) electrons. The van der Waals surface area contributed by atoms with Gasteiger partial charge in [-0.2, -0.15) is 0 Å². The highest BCUT2D eigenvalue weighted by molar-refractivity contribution is 5.81. The van der Waals surface area contributed by atoms with Crippen molar-refractivity contribution in [3.63, 3.8) is 0 Å². The van der Waals surface area contributed by atoms with Crippen LogP contribution < -0.4 is 4.74 Å². The van der Waals surface area contributed by atoms with E-state index in [4.69, 9.17) is 4.74 Å². The fourth-order valence-corrected chi connectivity index (χ4v) is 3.23. The van der Waals surface area contributed by atoms with Crippen molar-refractivity contribution in [1.29, 1.82) is 0 Å². The van der Waals surface area contributed by atoms with E-state index >= 15 is 0 Å². The Balaban J connectivity index is 1.60. The van der Waals surface area contributed by atoms with Crippen LogP contribution in [0.15, 0.2) is 42.7 Å². The predicted octanol–water partition coefficient (Wildman–Crippen LogP) is 3.35. The Morgan fingerprint density at radius 3 is 2.52 bits per heavy atom. The number of hydrogen-bond donors (Lipinski definition) is 0. The highest BCUT2D eigenvalue weighted by Gasteiger charge is 2.30. The summed E-state index contributed by atoms with van der Waals surface area (Å²) < 4.78 is 6.01. The number of nitrogens with zero attached hydrogens (tertiary/aromatic N) is 3. The lowest BCUT2D eigenvalue weighted by atomic mass is 9.95. The van der Waals surface area contributed by atoms with Crippen LogP contribution in [0.3, 0.4) is 0 Å². The minimum Gasteiger partial charge on any atom is -0.480 e. The molecule has 1 atom stereocenters. The van der Waals surface area contributed by atoms with Gasteiger partial charge in [0.25, 0.3) is 5.91 Å². The highest BCUT2D eigenvalue weighted by atomic mass is 16.5. The highest BCUT2D eigenvalue weighted by Crippen LogP contribution is 2.26. The average Bonchev–Trinajstić information content (AvgIpc) is 2.68. The van der Waals surface area contributed by atoms with Gasteiger partial charge in [0.2, 0.25) is 0 Å². The van der Waals surface area contributed by atoms with Crippen LogP contribution in [0.25, 0.3) is 0 Å². The zero-order valence-corrected chi connectivity index (χ0v) is 14.9. The molecular formula is C20H25N3O2. The Kier molecular flexibility index (Phi) is 5.64. The van der Waals surface area contributed by atoms with Crippen molar-refractivity contribution in [2.24, 2.45) is 0 Å². The van der Waals surface area contributed by atoms with Crippen LogP contribution in [-0.2, 0) is 4.79 Å². The molecule has 1 unspecified atom stereocenters. The smallest absolute Gasteiger partial charge is 0.263 e. The van der Waals surface area contributed by atoms with Gasteiger partial charge in [0.05, 0.1) is 0 Å². The summed E-state index contributed by atoms with van der Waals surface area (Å²) in [6.45, 7) is 5.45. The monoisotopic (exact) mass is 339 g/mol. The van der Waals surface area contributed by atoms with Gasteiger partial charge in [0.15, 0.2) is 6.10 Å². The van der Waals surface area contributed by atoms with Gasteiger partial charge in [0, 0.05) is 31.4 Å². The summed E-state index contributed by atoms with van der Waals surface area (Å²) in [4.78, 5) is 23.5. The Morgan fingerprint density at radius 1 is 1.20 bits per heavy atom. The maximum atomic E-state index is 12.9. The molecule has 1 aliphatic rings. The molecule has 1 saturated heterocycles. The number of likely N-dealkylation sites (tertiary alicyclic amines) is 1. The number of rotatable bonds is 5. The maximum Gasteiger partial charge on any atom is 0.263 e. The summed E-state index contributed by atoms with van der Waals surface area (Å²) >= 11 is 0. The molecule has 0 N–H and O–H groups in total. The van der Waals surface area contributed by atoms with Crippen LogP contribution in [0, 0.1) is 6.92 Å². The number of carbonyl (C=O) groups excluding carboxylic acids is 1. The third-order valence-electron chi connectivity index (χ3n) is 4.77. The van der Waals surface area contributed by atoms with Gasteiger partial charge in [-0.3, -0.25) is 4.79 Å². The number of benzene rings is 1. The van der Waals surface area contributed by atoms with Gasteiger partial charge in [-0.25, -0.2) is 9.97 Å². The number of para-hydroxylation sites is 1. The lowest BCUT2D eigenvalue weighted by Gasteiger charge is -2.33. The van der Waals surface area contributed by atoms with Gasteiger partial charge < -0.3 is 9.64 Å². The normalized spacial score (nSPS) is 16.5. The molecule has 1 amide bonds. The molecule has 0 aliphatic carbocycles. The van der Waals surface area contributed by atoms with Crippen molar-refractivity contribution in [1.82, 2.24) is 14.9 Å². The van der Waals surface area contributed by atoms with Crippen molar-refractivity contribution in [3.05, 3.63) is 54.1 Å². The third kappa shape index (κ3) is 4.16. The van der Waals surface area contributed by atoms with Crippen LogP contribution in [-0.4, -0.2) is 40.0 Å². The van der Waals surface area contributed by atoms with Crippen molar-refractivity contribution < 1.29 is 9.53 Å². The van der Waals surface area contributed by atoms with E-state index in [9.17, 15) is 4.79 Å². The van der Waals surface area contributed by atoms with E-state index in [0.717, 1.165) is 43.1 Å². The summed E-state index contributed by atoms with van der Waals surface area (Å²) in [5.74, 6) is 2.09. The van der Waals surface area contributed by atoms with Crippen LogP contribution in [0.5, 0.6) is 5.75 Å². The van der Waals surface area contributed by atoms with E-state index in [1.54, 1.807) is 12.4 Å². The number of aromatic nitrogens is 2. The van der Waals surface area contributed by atoms with Gasteiger partial charge >= 0.3 is 0 Å². The number of amides is 1. The van der Waals surface area contributed by atoms with Crippen LogP contribution >= 0.6 is 0 Å². The van der Waals surface area contributed by atoms with Crippen molar-refractivity contribution in [2.45, 2.75) is 45.1 Å². The Labute approximate surface area is 149 Å². The second kappa shape index (κ2) is 8.10. The molecule has 132 valence electrons. The fraction of sp³-hybridized carbons (Fsp3) is 0.450. The van der Waals surface area contributed by atoms with Crippen molar-refractivity contribution in [2.75, 3.05) is 13.1 Å². The van der Waals surface area contributed by atoms with Crippen molar-refractivity contribution in [3.8, 4) is 5.75 Å². The third-order valence-corrected chi connectivity index (χ3v) is 4.77. The Hall–Kier alpha value is -2.43. The topological polar surface area (TPSA) is 55.3 Å². The van der Waals surface area contributed by atoms with E-state index in [2.05, 4.69) is 9.97 Å². The number of carbonyl (C=O) groups is 1. The number of ether oxygens (including phenoxy) is 1. The molecule has 1 aromatic heterocycles. The largest absolute Gasteiger partial charge is 0.480 e. The first-order valence-electron chi connectivity index (χ1n) is 8.97. The van der Waals surface area contributed by atoms with Crippen LogP contribution in [0.1, 0.15) is 43.5 Å². The van der Waals surface area contributed by atoms with Gasteiger partial charge in [-0.15, -0.1) is 0 Å². The first-order valence-corrected chi connectivity index (χ1v) is 8.97. The molecule has 2 heterocycles. The van der Waals surface area contributed by atoms with E-state index in [-0.39, 0.29) is 5.91 Å². The van der Waals surface area contributed by atoms with E-state index < -0.39 is 6.10 Å². The van der Waals surface area contributed by atoms with Gasteiger partial charge in [-0.05, 0) is 43.9 Å². The second-order valence-electron chi connectivity index (χ2n) is 6.49. The number of hydrogen-bond acceptors (Lipinski definition) is 4. The standard InChI is InChI=1S/C20H25N3O2/c1-3-17(25-18-8-5-4-7-15(18)2)20(24)23-13-9-16(10-14-23)19-21-11-6-12-22-19/h4-8,11-12,16-17H,3,9-10,13-14H2,1-2H3. The molecule has 0 saturated carbocycles. The van der Waals surface area contributed by atoms with Gasteiger partial charge in [0.1, 0.15) is 11.6 Å². The summed E-state index contributed by atoms with van der Waals surface area (Å²) in [7, 11) is 0. The first-order chi connectivity index (χ1) is 12.2. The molecule has 2 aromatic rings. The molecule has 1 aliphatic heterocycles. The maximum absolute atomic E-state index is 12.9. The molecule has 1 aromatic carbocycles. The minimum absolute atomic E-state index is 0.0817. The molecule has 5 nitrogen and oxygen atoms in total. The molecule has 3 rings (SSSR count). The quantitative estimate of drug-likeness (QED) is 0.838. The zero-order chi connectivity index (χ0) is 17.6. The summed E-state index contributed by atoms with van der Waals surface area (Å²) in [6, 6.07) is 9.66. The lowest BCUT2D eigenvalue weighted by Crippen LogP contribution is -2.45. The summed E-state index contributed by atoms with van der Waals surface area (Å²) in [5, 5.41) is 0. The Morgan fingerprint density at radius 2 is 1.88 bits per heavy atom. The second-order valence-corrected chi connectivity index (χ2v) is 6.49. The molecule has 1 fully saturated rings.